The van der Waals surface area contributed by atoms with Crippen LogP contribution < -0.4 is 4.74 Å². The average molecular weight is 240 g/mol. The van der Waals surface area contributed by atoms with Crippen LogP contribution in [0.3, 0.4) is 0 Å². The van der Waals surface area contributed by atoms with Gasteiger partial charge in [-0.05, 0) is 30.7 Å². The molecule has 0 saturated heterocycles. The molecule has 0 radical (unpaired) electrons. The fraction of sp³-hybridized carbons (Fsp3) is 0.308. The van der Waals surface area contributed by atoms with Crippen LogP contribution in [0, 0.1) is 11.3 Å². The second-order valence-corrected chi connectivity index (χ2v) is 4.21. The van der Waals surface area contributed by atoms with Gasteiger partial charge in [0.2, 0.25) is 0 Å². The zero-order valence-electron chi connectivity index (χ0n) is 9.83. The Kier molecular flexibility index (Phi) is 2.69. The summed E-state index contributed by atoms with van der Waals surface area (Å²) < 4.78 is 7.76. The first kappa shape index (κ1) is 10.8. The summed E-state index contributed by atoms with van der Waals surface area (Å²) in [7, 11) is 0. The highest BCUT2D eigenvalue weighted by Crippen LogP contribution is 2.17. The Morgan fingerprint density at radius 2 is 2.11 bits per heavy atom. The van der Waals surface area contributed by atoms with Crippen molar-refractivity contribution >= 4 is 0 Å². The summed E-state index contributed by atoms with van der Waals surface area (Å²) >= 11 is 0. The van der Waals surface area contributed by atoms with Crippen LogP contribution in [-0.4, -0.2) is 14.8 Å². The lowest BCUT2D eigenvalue weighted by molar-refractivity contribution is 0.289. The Bertz CT molecular complexity index is 594. The summed E-state index contributed by atoms with van der Waals surface area (Å²) in [5.74, 6) is 2.66. The first-order chi connectivity index (χ1) is 8.86. The minimum Gasteiger partial charge on any atom is -0.486 e. The molecule has 18 heavy (non-hydrogen) atoms. The molecule has 0 bridgehead atoms. The third kappa shape index (κ3) is 1.93. The number of fused-ring (bicyclic) bond motifs is 1. The highest BCUT2D eigenvalue weighted by Gasteiger charge is 2.17. The molecular formula is C13H12N4O. The summed E-state index contributed by atoms with van der Waals surface area (Å²) in [6, 6.07) is 9.14. The lowest BCUT2D eigenvalue weighted by Crippen LogP contribution is -2.05. The van der Waals surface area contributed by atoms with Crippen molar-refractivity contribution < 1.29 is 4.74 Å². The maximum atomic E-state index is 8.70. The van der Waals surface area contributed by atoms with Gasteiger partial charge in [0.1, 0.15) is 18.2 Å². The first-order valence-electron chi connectivity index (χ1n) is 5.91. The van der Waals surface area contributed by atoms with Crippen LogP contribution in [-0.2, 0) is 19.6 Å². The smallest absolute Gasteiger partial charge is 0.171 e. The predicted molar refractivity (Wildman–Crippen MR) is 63.8 cm³/mol. The zero-order valence-corrected chi connectivity index (χ0v) is 9.83. The maximum Gasteiger partial charge on any atom is 0.171 e. The second kappa shape index (κ2) is 4.49. The molecule has 0 N–H and O–H groups in total. The molecule has 0 unspecified atom stereocenters. The monoisotopic (exact) mass is 240 g/mol. The van der Waals surface area contributed by atoms with Gasteiger partial charge in [-0.3, -0.25) is 0 Å². The van der Waals surface area contributed by atoms with Crippen molar-refractivity contribution in [2.24, 2.45) is 0 Å². The van der Waals surface area contributed by atoms with Gasteiger partial charge in [0.15, 0.2) is 5.82 Å². The molecule has 0 atom stereocenters. The van der Waals surface area contributed by atoms with E-state index in [4.69, 9.17) is 10.00 Å². The molecule has 5 nitrogen and oxygen atoms in total. The molecule has 0 saturated carbocycles. The third-order valence-electron chi connectivity index (χ3n) is 3.04. The SMILES string of the molecule is N#Cc1ccc(OCc2nnc3n2CCC3)cc1. The van der Waals surface area contributed by atoms with Crippen molar-refractivity contribution in [1.82, 2.24) is 14.8 Å². The van der Waals surface area contributed by atoms with E-state index in [0.29, 0.717) is 12.2 Å². The molecule has 0 fully saturated rings. The molecule has 1 aliphatic heterocycles. The summed E-state index contributed by atoms with van der Waals surface area (Å²) in [4.78, 5) is 0. The zero-order chi connectivity index (χ0) is 12.4. The van der Waals surface area contributed by atoms with Gasteiger partial charge in [0.25, 0.3) is 0 Å². The van der Waals surface area contributed by atoms with Crippen LogP contribution in [0.15, 0.2) is 24.3 Å². The Labute approximate surface area is 105 Å². The fourth-order valence-electron chi connectivity index (χ4n) is 2.09. The molecule has 0 amide bonds. The number of nitrogens with zero attached hydrogens (tertiary/aromatic N) is 4. The summed E-state index contributed by atoms with van der Waals surface area (Å²) in [6.45, 7) is 1.40. The quantitative estimate of drug-likeness (QED) is 0.818. The van der Waals surface area contributed by atoms with Gasteiger partial charge in [-0.1, -0.05) is 0 Å². The summed E-state index contributed by atoms with van der Waals surface area (Å²) in [5.41, 5.74) is 0.630. The van der Waals surface area contributed by atoms with Crippen LogP contribution in [0.5, 0.6) is 5.75 Å². The molecule has 0 aliphatic carbocycles. The highest BCUT2D eigenvalue weighted by atomic mass is 16.5. The number of ether oxygens (including phenoxy) is 1. The molecule has 2 aromatic rings. The van der Waals surface area contributed by atoms with E-state index in [2.05, 4.69) is 20.8 Å². The number of hydrogen-bond acceptors (Lipinski definition) is 4. The number of nitriles is 1. The number of rotatable bonds is 3. The fourth-order valence-corrected chi connectivity index (χ4v) is 2.09. The van der Waals surface area contributed by atoms with E-state index < -0.39 is 0 Å². The molecule has 5 heteroatoms. The summed E-state index contributed by atoms with van der Waals surface area (Å²) in [6.07, 6.45) is 2.14. The first-order valence-corrected chi connectivity index (χ1v) is 5.91. The van der Waals surface area contributed by atoms with E-state index in [1.54, 1.807) is 24.3 Å². The standard InChI is InChI=1S/C13H12N4O/c14-8-10-3-5-11(6-4-10)18-9-13-16-15-12-2-1-7-17(12)13/h3-6H,1-2,7,9H2. The summed E-state index contributed by atoms with van der Waals surface area (Å²) in [5, 5.41) is 17.0. The van der Waals surface area contributed by atoms with Crippen molar-refractivity contribution in [1.29, 1.82) is 5.26 Å². The second-order valence-electron chi connectivity index (χ2n) is 4.21. The lowest BCUT2D eigenvalue weighted by Gasteiger charge is -2.06. The molecule has 90 valence electrons. The highest BCUT2D eigenvalue weighted by molar-refractivity contribution is 5.34. The van der Waals surface area contributed by atoms with E-state index in [1.807, 2.05) is 0 Å². The van der Waals surface area contributed by atoms with Gasteiger partial charge in [-0.15, -0.1) is 10.2 Å². The molecule has 0 spiro atoms. The predicted octanol–water partition coefficient (Wildman–Crippen LogP) is 1.67. The molecule has 1 aliphatic rings. The molecule has 1 aromatic carbocycles. The van der Waals surface area contributed by atoms with Crippen molar-refractivity contribution in [3.63, 3.8) is 0 Å². The topological polar surface area (TPSA) is 63.7 Å². The Morgan fingerprint density at radius 1 is 1.28 bits per heavy atom. The van der Waals surface area contributed by atoms with Crippen LogP contribution in [0.2, 0.25) is 0 Å². The molecular weight excluding hydrogens is 228 g/mol. The Balaban J connectivity index is 1.68. The number of aromatic nitrogens is 3. The maximum absolute atomic E-state index is 8.70. The van der Waals surface area contributed by atoms with E-state index >= 15 is 0 Å². The van der Waals surface area contributed by atoms with Crippen LogP contribution in [0.4, 0.5) is 0 Å². The van der Waals surface area contributed by atoms with Gasteiger partial charge >= 0.3 is 0 Å². The van der Waals surface area contributed by atoms with Crippen LogP contribution >= 0.6 is 0 Å². The van der Waals surface area contributed by atoms with Gasteiger partial charge in [-0.25, -0.2) is 0 Å². The number of aryl methyl sites for hydroxylation is 1. The van der Waals surface area contributed by atoms with Gasteiger partial charge in [-0.2, -0.15) is 5.26 Å². The minimum absolute atomic E-state index is 0.416. The normalized spacial score (nSPS) is 13.1. The van der Waals surface area contributed by atoms with E-state index in [0.717, 1.165) is 36.8 Å². The van der Waals surface area contributed by atoms with Crippen molar-refractivity contribution in [3.05, 3.63) is 41.5 Å². The van der Waals surface area contributed by atoms with Gasteiger partial charge in [0, 0.05) is 13.0 Å². The molecule has 1 aromatic heterocycles. The number of benzene rings is 1. The van der Waals surface area contributed by atoms with Crippen LogP contribution in [0.25, 0.3) is 0 Å². The lowest BCUT2D eigenvalue weighted by atomic mass is 10.2. The van der Waals surface area contributed by atoms with Crippen molar-refractivity contribution in [2.45, 2.75) is 26.0 Å². The average Bonchev–Trinajstić information content (AvgIpc) is 3.00. The van der Waals surface area contributed by atoms with E-state index in [1.165, 1.54) is 0 Å². The Morgan fingerprint density at radius 3 is 2.89 bits per heavy atom. The van der Waals surface area contributed by atoms with Gasteiger partial charge in [0.05, 0.1) is 11.6 Å². The van der Waals surface area contributed by atoms with Crippen molar-refractivity contribution in [2.75, 3.05) is 0 Å². The van der Waals surface area contributed by atoms with Crippen LogP contribution in [0.1, 0.15) is 23.6 Å². The van der Waals surface area contributed by atoms with Gasteiger partial charge < -0.3 is 9.30 Å². The third-order valence-corrected chi connectivity index (χ3v) is 3.04. The minimum atomic E-state index is 0.416. The van der Waals surface area contributed by atoms with E-state index in [-0.39, 0.29) is 0 Å². The molecule has 3 rings (SSSR count). The van der Waals surface area contributed by atoms with E-state index in [9.17, 15) is 0 Å². The largest absolute Gasteiger partial charge is 0.486 e. The Hall–Kier alpha value is -2.35. The number of hydrogen-bond donors (Lipinski definition) is 0. The molecule has 2 heterocycles. The van der Waals surface area contributed by atoms with Crippen molar-refractivity contribution in [3.8, 4) is 11.8 Å².